The molecule has 2 aromatic carbocycles. The molecule has 8 nitrogen and oxygen atoms in total. The fourth-order valence-corrected chi connectivity index (χ4v) is 6.33. The number of carbonyl (C=O) groups excluding carboxylic acids is 2. The van der Waals surface area contributed by atoms with Gasteiger partial charge >= 0.3 is 0 Å². The van der Waals surface area contributed by atoms with Gasteiger partial charge in [0.1, 0.15) is 12.1 Å². The van der Waals surface area contributed by atoms with Gasteiger partial charge in [-0.2, -0.15) is 4.31 Å². The van der Waals surface area contributed by atoms with Crippen LogP contribution in [0.25, 0.3) is 10.8 Å². The maximum absolute atomic E-state index is 13.6. The second kappa shape index (κ2) is 10.0. The molecule has 2 aliphatic rings. The summed E-state index contributed by atoms with van der Waals surface area (Å²) in [5.41, 5.74) is 0. The van der Waals surface area contributed by atoms with Crippen molar-refractivity contribution in [2.45, 2.75) is 30.3 Å². The van der Waals surface area contributed by atoms with Gasteiger partial charge in [0.15, 0.2) is 0 Å². The summed E-state index contributed by atoms with van der Waals surface area (Å²) in [6.07, 6.45) is 1.77. The van der Waals surface area contributed by atoms with Crippen LogP contribution in [0.3, 0.4) is 0 Å². The summed E-state index contributed by atoms with van der Waals surface area (Å²) >= 11 is 6.04. The number of nitrogens with zero attached hydrogens (tertiary/aromatic N) is 3. The van der Waals surface area contributed by atoms with E-state index in [0.717, 1.165) is 10.8 Å². The maximum atomic E-state index is 13.6. The van der Waals surface area contributed by atoms with Crippen LogP contribution in [0.1, 0.15) is 13.3 Å². The quantitative estimate of drug-likeness (QED) is 0.540. The molecule has 10 heteroatoms. The number of amides is 2. The Morgan fingerprint density at radius 1 is 1.21 bits per heavy atom. The fourth-order valence-electron chi connectivity index (χ4n) is 4.53. The standard InChI is InChI=1S/C24H28ClN3O5S/c1-3-9-28(34(31,32)21-7-5-18-15-20(25)6-4-19(18)16-21)22-8-10-27(24(22)30)17(2)23(29)26-11-13-33-14-12-26/h3-7,15-17,22H,1,8-14H2,2H3. The molecule has 0 bridgehead atoms. The highest BCUT2D eigenvalue weighted by atomic mass is 35.5. The van der Waals surface area contributed by atoms with Crippen molar-refractivity contribution in [3.05, 3.63) is 54.1 Å². The molecule has 2 heterocycles. The summed E-state index contributed by atoms with van der Waals surface area (Å²) in [5, 5.41) is 2.11. The first kappa shape index (κ1) is 24.7. The third-order valence-corrected chi connectivity index (χ3v) is 8.50. The normalized spacial score (nSPS) is 20.2. The first-order valence-corrected chi connectivity index (χ1v) is 13.0. The molecule has 0 aliphatic carbocycles. The minimum atomic E-state index is -4.00. The predicted octanol–water partition coefficient (Wildman–Crippen LogP) is 2.52. The molecule has 0 saturated carbocycles. The van der Waals surface area contributed by atoms with Crippen LogP contribution in [0.2, 0.25) is 5.02 Å². The van der Waals surface area contributed by atoms with E-state index in [1.54, 1.807) is 42.2 Å². The SMILES string of the molecule is C=CCN(C1CCN(C(C)C(=O)N2CCOCC2)C1=O)S(=O)(=O)c1ccc2cc(Cl)ccc2c1. The molecule has 2 aromatic rings. The molecular weight excluding hydrogens is 478 g/mol. The van der Waals surface area contributed by atoms with Gasteiger partial charge in [0.25, 0.3) is 0 Å². The van der Waals surface area contributed by atoms with Crippen molar-refractivity contribution >= 4 is 44.2 Å². The first-order valence-electron chi connectivity index (χ1n) is 11.2. The average molecular weight is 506 g/mol. The summed E-state index contributed by atoms with van der Waals surface area (Å²) in [6, 6.07) is 8.46. The second-order valence-electron chi connectivity index (χ2n) is 8.47. The van der Waals surface area contributed by atoms with Crippen LogP contribution in [0.4, 0.5) is 0 Å². The van der Waals surface area contributed by atoms with E-state index < -0.39 is 22.1 Å². The van der Waals surface area contributed by atoms with E-state index in [0.29, 0.717) is 44.3 Å². The molecule has 182 valence electrons. The van der Waals surface area contributed by atoms with Gasteiger partial charge in [-0.1, -0.05) is 29.8 Å². The lowest BCUT2D eigenvalue weighted by molar-refractivity contribution is -0.146. The lowest BCUT2D eigenvalue weighted by atomic mass is 10.1. The van der Waals surface area contributed by atoms with Gasteiger partial charge in [-0.3, -0.25) is 9.59 Å². The van der Waals surface area contributed by atoms with Gasteiger partial charge in [-0.15, -0.1) is 6.58 Å². The Hall–Kier alpha value is -2.46. The summed E-state index contributed by atoms with van der Waals surface area (Å²) in [4.78, 5) is 29.5. The molecule has 2 unspecified atom stereocenters. The van der Waals surface area contributed by atoms with E-state index >= 15 is 0 Å². The Morgan fingerprint density at radius 2 is 1.88 bits per heavy atom. The molecule has 2 saturated heterocycles. The monoisotopic (exact) mass is 505 g/mol. The van der Waals surface area contributed by atoms with Gasteiger partial charge in [-0.25, -0.2) is 8.42 Å². The van der Waals surface area contributed by atoms with Gasteiger partial charge < -0.3 is 14.5 Å². The molecular formula is C24H28ClN3O5S. The maximum Gasteiger partial charge on any atom is 0.245 e. The van der Waals surface area contributed by atoms with Crippen molar-refractivity contribution in [3.63, 3.8) is 0 Å². The third-order valence-electron chi connectivity index (χ3n) is 6.40. The third kappa shape index (κ3) is 4.70. The molecule has 4 rings (SSSR count). The minimum Gasteiger partial charge on any atom is -0.378 e. The molecule has 2 amide bonds. The van der Waals surface area contributed by atoms with Crippen LogP contribution in [-0.4, -0.2) is 85.8 Å². The molecule has 2 aliphatic heterocycles. The average Bonchev–Trinajstić information content (AvgIpc) is 3.22. The Bertz CT molecular complexity index is 1210. The van der Waals surface area contributed by atoms with Crippen LogP contribution in [0, 0.1) is 0 Å². The van der Waals surface area contributed by atoms with Crippen molar-refractivity contribution in [2.75, 3.05) is 39.4 Å². The summed E-state index contributed by atoms with van der Waals surface area (Å²) in [5.74, 6) is -0.518. The molecule has 0 N–H and O–H groups in total. The molecule has 0 radical (unpaired) electrons. The van der Waals surface area contributed by atoms with Crippen LogP contribution in [-0.2, 0) is 24.3 Å². The highest BCUT2D eigenvalue weighted by Crippen LogP contribution is 2.29. The molecule has 0 aromatic heterocycles. The number of benzene rings is 2. The Labute approximate surface area is 204 Å². The van der Waals surface area contributed by atoms with Crippen molar-refractivity contribution < 1.29 is 22.7 Å². The number of sulfonamides is 1. The Balaban J connectivity index is 1.58. The largest absolute Gasteiger partial charge is 0.378 e. The number of hydrogen-bond acceptors (Lipinski definition) is 5. The van der Waals surface area contributed by atoms with Gasteiger partial charge in [0.2, 0.25) is 21.8 Å². The number of fused-ring (bicyclic) bond motifs is 1. The molecule has 0 spiro atoms. The van der Waals surface area contributed by atoms with Crippen LogP contribution in [0.5, 0.6) is 0 Å². The summed E-state index contributed by atoms with van der Waals surface area (Å²) < 4.78 is 33.7. The van der Waals surface area contributed by atoms with Crippen LogP contribution in [0.15, 0.2) is 53.9 Å². The Kier molecular flexibility index (Phi) is 7.28. The smallest absolute Gasteiger partial charge is 0.245 e. The zero-order valence-corrected chi connectivity index (χ0v) is 20.6. The number of halogens is 1. The van der Waals surface area contributed by atoms with E-state index in [1.165, 1.54) is 21.3 Å². The molecule has 2 fully saturated rings. The van der Waals surface area contributed by atoms with E-state index in [2.05, 4.69) is 6.58 Å². The second-order valence-corrected chi connectivity index (χ2v) is 10.8. The van der Waals surface area contributed by atoms with Crippen LogP contribution < -0.4 is 0 Å². The highest BCUT2D eigenvalue weighted by Gasteiger charge is 2.44. The fraction of sp³-hybridized carbons (Fsp3) is 0.417. The van der Waals surface area contributed by atoms with E-state index in [9.17, 15) is 18.0 Å². The minimum absolute atomic E-state index is 0.0168. The summed E-state index contributed by atoms with van der Waals surface area (Å²) in [6.45, 7) is 7.58. The van der Waals surface area contributed by atoms with Gasteiger partial charge in [0.05, 0.1) is 18.1 Å². The molecule has 2 atom stereocenters. The number of ether oxygens (including phenoxy) is 1. The zero-order valence-electron chi connectivity index (χ0n) is 19.0. The van der Waals surface area contributed by atoms with Gasteiger partial charge in [-0.05, 0) is 48.4 Å². The summed E-state index contributed by atoms with van der Waals surface area (Å²) in [7, 11) is -4.00. The van der Waals surface area contributed by atoms with E-state index in [4.69, 9.17) is 16.3 Å². The predicted molar refractivity (Wildman–Crippen MR) is 130 cm³/mol. The number of rotatable bonds is 7. The highest BCUT2D eigenvalue weighted by molar-refractivity contribution is 7.89. The number of morpholine rings is 1. The van der Waals surface area contributed by atoms with Crippen molar-refractivity contribution in [1.29, 1.82) is 0 Å². The molecule has 34 heavy (non-hydrogen) atoms. The Morgan fingerprint density at radius 3 is 2.59 bits per heavy atom. The number of hydrogen-bond donors (Lipinski definition) is 0. The van der Waals surface area contributed by atoms with Crippen molar-refractivity contribution in [3.8, 4) is 0 Å². The van der Waals surface area contributed by atoms with E-state index in [-0.39, 0.29) is 23.3 Å². The van der Waals surface area contributed by atoms with E-state index in [1.807, 2.05) is 0 Å². The lowest BCUT2D eigenvalue weighted by Gasteiger charge is -2.33. The van der Waals surface area contributed by atoms with Crippen molar-refractivity contribution in [1.82, 2.24) is 14.1 Å². The lowest BCUT2D eigenvalue weighted by Crippen LogP contribution is -2.53. The number of likely N-dealkylation sites (tertiary alicyclic amines) is 1. The van der Waals surface area contributed by atoms with Gasteiger partial charge in [0, 0.05) is 31.2 Å². The first-order chi connectivity index (χ1) is 16.2. The van der Waals surface area contributed by atoms with Crippen LogP contribution >= 0.6 is 11.6 Å². The zero-order chi connectivity index (χ0) is 24.5. The van der Waals surface area contributed by atoms with Crippen molar-refractivity contribution in [2.24, 2.45) is 0 Å². The topological polar surface area (TPSA) is 87.2 Å². The number of carbonyl (C=O) groups is 2.